The van der Waals surface area contributed by atoms with Gasteiger partial charge in [0.15, 0.2) is 0 Å². The molecule has 2 aromatic rings. The van der Waals surface area contributed by atoms with Crippen molar-refractivity contribution in [3.05, 3.63) is 76.5 Å². The Morgan fingerprint density at radius 3 is 2.43 bits per heavy atom. The van der Waals surface area contributed by atoms with E-state index in [9.17, 15) is 18.0 Å². The molecule has 2 aliphatic heterocycles. The van der Waals surface area contributed by atoms with Crippen molar-refractivity contribution in [1.29, 1.82) is 0 Å². The minimum Gasteiger partial charge on any atom is -0.463 e. The lowest BCUT2D eigenvalue weighted by Crippen LogP contribution is -2.49. The molecule has 0 aliphatic carbocycles. The van der Waals surface area contributed by atoms with Gasteiger partial charge in [-0.1, -0.05) is 41.9 Å². The number of esters is 1. The number of halogens is 1. The third-order valence-corrected chi connectivity index (χ3v) is 8.74. The number of carbonyl (C=O) groups excluding carboxylic acids is 2. The van der Waals surface area contributed by atoms with E-state index in [4.69, 9.17) is 16.3 Å². The number of benzene rings is 2. The monoisotopic (exact) mass is 546 g/mol. The van der Waals surface area contributed by atoms with Crippen LogP contribution in [0.5, 0.6) is 0 Å². The van der Waals surface area contributed by atoms with Crippen LogP contribution in [0.2, 0.25) is 5.02 Å². The molecule has 2 aliphatic rings. The van der Waals surface area contributed by atoms with Gasteiger partial charge in [0.1, 0.15) is 0 Å². The summed E-state index contributed by atoms with van der Waals surface area (Å²) in [5.41, 5.74) is 1.70. The van der Waals surface area contributed by atoms with Crippen LogP contribution in [0.3, 0.4) is 0 Å². The van der Waals surface area contributed by atoms with Crippen LogP contribution in [0.25, 0.3) is 0 Å². The zero-order valence-electron chi connectivity index (χ0n) is 20.9. The molecule has 2 heterocycles. The lowest BCUT2D eigenvalue weighted by molar-refractivity contribution is -0.139. The molecule has 0 aromatic heterocycles. The van der Waals surface area contributed by atoms with Crippen molar-refractivity contribution in [2.75, 3.05) is 46.4 Å². The molecule has 0 radical (unpaired) electrons. The summed E-state index contributed by atoms with van der Waals surface area (Å²) in [7, 11) is -2.04. The summed E-state index contributed by atoms with van der Waals surface area (Å²) in [6, 6.07) is 14.5. The van der Waals surface area contributed by atoms with Gasteiger partial charge in [-0.25, -0.2) is 18.0 Å². The predicted molar refractivity (Wildman–Crippen MR) is 140 cm³/mol. The summed E-state index contributed by atoms with van der Waals surface area (Å²) in [4.78, 5) is 29.8. The van der Waals surface area contributed by atoms with E-state index in [0.29, 0.717) is 48.9 Å². The van der Waals surface area contributed by atoms with Crippen LogP contribution in [0.4, 0.5) is 4.79 Å². The number of likely N-dealkylation sites (N-methyl/N-ethyl adjacent to an activating group) is 1. The first-order chi connectivity index (χ1) is 17.7. The Kier molecular flexibility index (Phi) is 8.53. The molecule has 0 bridgehead atoms. The first-order valence-electron chi connectivity index (χ1n) is 12.2. The van der Waals surface area contributed by atoms with E-state index in [1.54, 1.807) is 26.1 Å². The number of rotatable bonds is 7. The molecule has 37 heavy (non-hydrogen) atoms. The second kappa shape index (κ2) is 11.6. The fraction of sp³-hybridized carbons (Fsp3) is 0.385. The van der Waals surface area contributed by atoms with E-state index in [-0.39, 0.29) is 24.1 Å². The van der Waals surface area contributed by atoms with Gasteiger partial charge in [0.2, 0.25) is 10.0 Å². The van der Waals surface area contributed by atoms with E-state index < -0.39 is 22.0 Å². The molecular weight excluding hydrogens is 516 g/mol. The van der Waals surface area contributed by atoms with Crippen LogP contribution in [-0.4, -0.2) is 80.9 Å². The number of hydrogen-bond donors (Lipinski definition) is 1. The lowest BCUT2D eigenvalue weighted by Gasteiger charge is -2.36. The topological polar surface area (TPSA) is 99.3 Å². The van der Waals surface area contributed by atoms with Gasteiger partial charge in [0.25, 0.3) is 0 Å². The highest BCUT2D eigenvalue weighted by molar-refractivity contribution is 7.89. The van der Waals surface area contributed by atoms with Gasteiger partial charge in [0, 0.05) is 43.9 Å². The highest BCUT2D eigenvalue weighted by atomic mass is 35.5. The van der Waals surface area contributed by atoms with E-state index >= 15 is 0 Å². The van der Waals surface area contributed by atoms with E-state index in [1.165, 1.54) is 21.3 Å². The number of nitrogens with zero attached hydrogens (tertiary/aromatic N) is 3. The maximum Gasteiger partial charge on any atom is 0.338 e. The van der Waals surface area contributed by atoms with Gasteiger partial charge in [0.05, 0.1) is 23.1 Å². The Balaban J connectivity index is 1.60. The first kappa shape index (κ1) is 27.1. The largest absolute Gasteiger partial charge is 0.463 e. The van der Waals surface area contributed by atoms with Gasteiger partial charge < -0.3 is 10.1 Å². The zero-order chi connectivity index (χ0) is 26.6. The summed E-state index contributed by atoms with van der Waals surface area (Å²) in [5, 5.41) is 3.39. The van der Waals surface area contributed by atoms with Gasteiger partial charge in [-0.15, -0.1) is 0 Å². The number of nitrogens with one attached hydrogen (secondary N) is 1. The van der Waals surface area contributed by atoms with Crippen LogP contribution < -0.4 is 5.32 Å². The highest BCUT2D eigenvalue weighted by Crippen LogP contribution is 2.31. The zero-order valence-corrected chi connectivity index (χ0v) is 22.5. The predicted octanol–water partition coefficient (Wildman–Crippen LogP) is 3.25. The molecule has 1 N–H and O–H groups in total. The molecule has 2 amide bonds. The Hall–Kier alpha value is -2.92. The Morgan fingerprint density at radius 2 is 1.76 bits per heavy atom. The lowest BCUT2D eigenvalue weighted by atomic mass is 9.94. The summed E-state index contributed by atoms with van der Waals surface area (Å²) in [6.45, 7) is 3.95. The third kappa shape index (κ3) is 5.98. The molecule has 0 spiro atoms. The maximum atomic E-state index is 13.2. The van der Waals surface area contributed by atoms with Crippen molar-refractivity contribution in [3.63, 3.8) is 0 Å². The number of ether oxygens (including phenoxy) is 1. The minimum atomic E-state index is -3.67. The molecular formula is C26H31ClN4O5S. The fourth-order valence-corrected chi connectivity index (χ4v) is 6.20. The molecule has 1 atom stereocenters. The number of urea groups is 1. The normalized spacial score (nSPS) is 19.9. The molecule has 1 fully saturated rings. The first-order valence-corrected chi connectivity index (χ1v) is 14.0. The molecule has 9 nitrogen and oxygen atoms in total. The average Bonchev–Trinajstić information content (AvgIpc) is 3.13. The maximum absolute atomic E-state index is 13.2. The number of sulfonamides is 1. The quantitative estimate of drug-likeness (QED) is 0.535. The molecule has 4 rings (SSSR count). The summed E-state index contributed by atoms with van der Waals surface area (Å²) in [5.74, 6) is -0.486. The van der Waals surface area contributed by atoms with Gasteiger partial charge >= 0.3 is 12.0 Å². The summed E-state index contributed by atoms with van der Waals surface area (Å²) < 4.78 is 33.2. The average molecular weight is 547 g/mol. The third-order valence-electron chi connectivity index (χ3n) is 6.58. The molecule has 0 saturated carbocycles. The molecule has 2 aromatic carbocycles. The number of amides is 2. The highest BCUT2D eigenvalue weighted by Gasteiger charge is 2.37. The Morgan fingerprint density at radius 1 is 1.05 bits per heavy atom. The summed E-state index contributed by atoms with van der Waals surface area (Å²) in [6.07, 6.45) is 0.604. The molecule has 1 saturated heterocycles. The van der Waals surface area contributed by atoms with Crippen molar-refractivity contribution in [2.45, 2.75) is 24.3 Å². The van der Waals surface area contributed by atoms with Crippen molar-refractivity contribution >= 4 is 33.6 Å². The molecule has 198 valence electrons. The summed E-state index contributed by atoms with van der Waals surface area (Å²) >= 11 is 5.93. The Labute approximate surface area is 222 Å². The van der Waals surface area contributed by atoms with Crippen molar-refractivity contribution in [3.8, 4) is 0 Å². The van der Waals surface area contributed by atoms with Gasteiger partial charge in [-0.05, 0) is 49.7 Å². The second-order valence-electron chi connectivity index (χ2n) is 8.92. The van der Waals surface area contributed by atoms with Crippen LogP contribution in [0.1, 0.15) is 24.9 Å². The van der Waals surface area contributed by atoms with Crippen LogP contribution >= 0.6 is 11.6 Å². The smallest absolute Gasteiger partial charge is 0.338 e. The SMILES string of the molecule is CCOC(=O)C1=C(CN2CCCN(S(=O)(=O)c3ccc(Cl)cc3)CC2)N(C)C(=O)N[C@@H]1c1ccccc1. The number of hydrogen-bond acceptors (Lipinski definition) is 6. The van der Waals surface area contributed by atoms with Gasteiger partial charge in [-0.2, -0.15) is 4.31 Å². The van der Waals surface area contributed by atoms with Crippen LogP contribution in [0.15, 0.2) is 70.8 Å². The van der Waals surface area contributed by atoms with Crippen molar-refractivity contribution in [2.24, 2.45) is 0 Å². The van der Waals surface area contributed by atoms with E-state index in [0.717, 1.165) is 5.56 Å². The molecule has 11 heteroatoms. The van der Waals surface area contributed by atoms with Crippen LogP contribution in [0, 0.1) is 0 Å². The van der Waals surface area contributed by atoms with Crippen LogP contribution in [-0.2, 0) is 19.6 Å². The van der Waals surface area contributed by atoms with E-state index in [1.807, 2.05) is 30.3 Å². The number of carbonyl (C=O) groups is 2. The Bertz CT molecular complexity index is 1270. The van der Waals surface area contributed by atoms with Crippen molar-refractivity contribution in [1.82, 2.24) is 19.4 Å². The standard InChI is InChI=1S/C26H31ClN4O5S/c1-3-36-25(32)23-22(29(2)26(33)28-24(23)19-8-5-4-6-9-19)18-30-14-7-15-31(17-16-30)37(34,35)21-12-10-20(27)11-13-21/h4-6,8-13,24H,3,7,14-18H2,1-2H3,(H,28,33)/t24-/m1/s1. The van der Waals surface area contributed by atoms with E-state index in [2.05, 4.69) is 10.2 Å². The second-order valence-corrected chi connectivity index (χ2v) is 11.3. The molecule has 0 unspecified atom stereocenters. The van der Waals surface area contributed by atoms with Gasteiger partial charge in [-0.3, -0.25) is 9.80 Å². The fourth-order valence-electron chi connectivity index (χ4n) is 4.61. The minimum absolute atomic E-state index is 0.201. The van der Waals surface area contributed by atoms with Crippen molar-refractivity contribution < 1.29 is 22.7 Å².